The summed E-state index contributed by atoms with van der Waals surface area (Å²) in [6, 6.07) is 5.88. The number of nitrogen functional groups attached to an aromatic ring is 1. The van der Waals surface area contributed by atoms with E-state index >= 15 is 0 Å². The van der Waals surface area contributed by atoms with Gasteiger partial charge in [0.2, 0.25) is 5.13 Å². The lowest BCUT2D eigenvalue weighted by molar-refractivity contribution is 0.972. The highest BCUT2D eigenvalue weighted by Crippen LogP contribution is 2.34. The maximum absolute atomic E-state index is 7.64. The maximum Gasteiger partial charge on any atom is 0.208 e. The van der Waals surface area contributed by atoms with Crippen molar-refractivity contribution in [3.05, 3.63) is 29.3 Å². The van der Waals surface area contributed by atoms with Crippen molar-refractivity contribution < 1.29 is 0 Å². The molecule has 100 valence electrons. The fourth-order valence-electron chi connectivity index (χ4n) is 1.46. The Morgan fingerprint density at radius 3 is 2.68 bits per heavy atom. The van der Waals surface area contributed by atoms with Crippen LogP contribution in [0, 0.1) is 12.3 Å². The highest BCUT2D eigenvalue weighted by atomic mass is 32.2. The predicted octanol–water partition coefficient (Wildman–Crippen LogP) is 2.35. The number of benzene rings is 1. The highest BCUT2D eigenvalue weighted by Gasteiger charge is 2.11. The number of hydrogen-bond donors (Lipinski definition) is 2. The Balaban J connectivity index is 2.29. The Kier molecular flexibility index (Phi) is 4.06. The number of aromatic nitrogens is 2. The molecule has 0 aliphatic heterocycles. The van der Waals surface area contributed by atoms with Crippen LogP contribution in [0.25, 0.3) is 0 Å². The van der Waals surface area contributed by atoms with Crippen LogP contribution in [0.1, 0.15) is 11.1 Å². The van der Waals surface area contributed by atoms with Gasteiger partial charge in [0, 0.05) is 24.6 Å². The smallest absolute Gasteiger partial charge is 0.208 e. The largest absolute Gasteiger partial charge is 0.384 e. The molecule has 0 fully saturated rings. The van der Waals surface area contributed by atoms with Crippen LogP contribution in [-0.4, -0.2) is 30.1 Å². The van der Waals surface area contributed by atoms with Gasteiger partial charge in [0.15, 0.2) is 4.34 Å². The summed E-state index contributed by atoms with van der Waals surface area (Å²) in [6.45, 7) is 1.98. The second-order valence-corrected chi connectivity index (χ2v) is 6.51. The SMILES string of the molecule is Cc1ccc(Sc2nnc(N(C)C)s2)c(C(=N)N)c1. The summed E-state index contributed by atoms with van der Waals surface area (Å²) in [5.41, 5.74) is 7.45. The van der Waals surface area contributed by atoms with Gasteiger partial charge in [0.05, 0.1) is 0 Å². The molecule has 3 N–H and O–H groups in total. The van der Waals surface area contributed by atoms with Crippen LogP contribution in [0.3, 0.4) is 0 Å². The molecule has 1 aromatic heterocycles. The summed E-state index contributed by atoms with van der Waals surface area (Å²) in [5.74, 6) is 0.0727. The molecule has 0 aliphatic carbocycles. The lowest BCUT2D eigenvalue weighted by Gasteiger charge is -2.07. The van der Waals surface area contributed by atoms with Crippen molar-refractivity contribution in [1.82, 2.24) is 10.2 Å². The van der Waals surface area contributed by atoms with Crippen LogP contribution < -0.4 is 10.6 Å². The average molecular weight is 293 g/mol. The summed E-state index contributed by atoms with van der Waals surface area (Å²) >= 11 is 3.00. The van der Waals surface area contributed by atoms with Crippen molar-refractivity contribution in [2.75, 3.05) is 19.0 Å². The fourth-order valence-corrected chi connectivity index (χ4v) is 3.31. The minimum Gasteiger partial charge on any atom is -0.384 e. The molecule has 5 nitrogen and oxygen atoms in total. The third-order valence-corrected chi connectivity index (χ3v) is 4.62. The van der Waals surface area contributed by atoms with Crippen molar-refractivity contribution in [3.63, 3.8) is 0 Å². The number of nitrogens with one attached hydrogen (secondary N) is 1. The maximum atomic E-state index is 7.64. The number of aryl methyl sites for hydroxylation is 1. The van der Waals surface area contributed by atoms with Crippen LogP contribution in [0.15, 0.2) is 27.4 Å². The Hall–Kier alpha value is -1.60. The van der Waals surface area contributed by atoms with Crippen molar-refractivity contribution in [3.8, 4) is 0 Å². The second kappa shape index (κ2) is 5.58. The molecule has 1 heterocycles. The first-order valence-electron chi connectivity index (χ1n) is 5.61. The van der Waals surface area contributed by atoms with E-state index in [2.05, 4.69) is 10.2 Å². The van der Waals surface area contributed by atoms with Gasteiger partial charge in [0.1, 0.15) is 5.84 Å². The number of nitrogens with two attached hydrogens (primary N) is 1. The minimum absolute atomic E-state index is 0.0727. The molecule has 0 radical (unpaired) electrons. The Morgan fingerprint density at radius 1 is 1.37 bits per heavy atom. The van der Waals surface area contributed by atoms with Gasteiger partial charge in [-0.3, -0.25) is 5.41 Å². The van der Waals surface area contributed by atoms with E-state index in [0.717, 1.165) is 25.5 Å². The zero-order chi connectivity index (χ0) is 14.0. The average Bonchev–Trinajstić information content (AvgIpc) is 2.80. The first kappa shape index (κ1) is 13.8. The van der Waals surface area contributed by atoms with Gasteiger partial charge in [-0.25, -0.2) is 0 Å². The molecule has 2 aromatic rings. The third-order valence-electron chi connectivity index (χ3n) is 2.40. The van der Waals surface area contributed by atoms with Crippen LogP contribution in [-0.2, 0) is 0 Å². The van der Waals surface area contributed by atoms with E-state index in [4.69, 9.17) is 11.1 Å². The van der Waals surface area contributed by atoms with Crippen molar-refractivity contribution in [1.29, 1.82) is 5.41 Å². The van der Waals surface area contributed by atoms with Gasteiger partial charge >= 0.3 is 0 Å². The zero-order valence-electron chi connectivity index (χ0n) is 11.0. The van der Waals surface area contributed by atoms with E-state index in [1.807, 2.05) is 44.1 Å². The molecule has 0 spiro atoms. The van der Waals surface area contributed by atoms with E-state index in [1.165, 1.54) is 23.1 Å². The molecule has 7 heteroatoms. The number of hydrogen-bond acceptors (Lipinski definition) is 6. The lowest BCUT2D eigenvalue weighted by atomic mass is 10.1. The van der Waals surface area contributed by atoms with Crippen LogP contribution >= 0.6 is 23.1 Å². The summed E-state index contributed by atoms with van der Waals surface area (Å²) < 4.78 is 0.843. The highest BCUT2D eigenvalue weighted by molar-refractivity contribution is 8.01. The molecule has 0 saturated carbocycles. The summed E-state index contributed by atoms with van der Waals surface area (Å²) in [4.78, 5) is 2.85. The van der Waals surface area contributed by atoms with E-state index < -0.39 is 0 Å². The van der Waals surface area contributed by atoms with E-state index in [-0.39, 0.29) is 5.84 Å². The molecule has 0 atom stereocenters. The topological polar surface area (TPSA) is 78.9 Å². The number of anilines is 1. The standard InChI is InChI=1S/C12H15N5S2/c1-7-4-5-9(8(6-7)10(13)14)18-12-16-15-11(19-12)17(2)3/h4-6H,1-3H3,(H3,13,14). The molecular weight excluding hydrogens is 278 g/mol. The molecule has 1 aromatic carbocycles. The van der Waals surface area contributed by atoms with Gasteiger partial charge in [-0.2, -0.15) is 0 Å². The van der Waals surface area contributed by atoms with Gasteiger partial charge in [-0.15, -0.1) is 10.2 Å². The Morgan fingerprint density at radius 2 is 2.11 bits per heavy atom. The van der Waals surface area contributed by atoms with Crippen LogP contribution in [0.5, 0.6) is 0 Å². The number of amidine groups is 1. The zero-order valence-corrected chi connectivity index (χ0v) is 12.6. The van der Waals surface area contributed by atoms with E-state index in [0.29, 0.717) is 0 Å². The van der Waals surface area contributed by atoms with Crippen LogP contribution in [0.2, 0.25) is 0 Å². The minimum atomic E-state index is 0.0727. The molecule has 0 aliphatic rings. The molecule has 0 amide bonds. The van der Waals surface area contributed by atoms with Crippen molar-refractivity contribution >= 4 is 34.1 Å². The van der Waals surface area contributed by atoms with Crippen LogP contribution in [0.4, 0.5) is 5.13 Å². The Labute approximate surface area is 120 Å². The number of rotatable bonds is 4. The monoisotopic (exact) mass is 293 g/mol. The quantitative estimate of drug-likeness (QED) is 0.668. The summed E-state index contributed by atoms with van der Waals surface area (Å²) in [5, 5.41) is 16.7. The summed E-state index contributed by atoms with van der Waals surface area (Å²) in [7, 11) is 3.86. The summed E-state index contributed by atoms with van der Waals surface area (Å²) in [6.07, 6.45) is 0. The number of nitrogens with zero attached hydrogens (tertiary/aromatic N) is 3. The van der Waals surface area contributed by atoms with E-state index in [1.54, 1.807) is 0 Å². The fraction of sp³-hybridized carbons (Fsp3) is 0.250. The predicted molar refractivity (Wildman–Crippen MR) is 80.6 cm³/mol. The molecule has 0 bridgehead atoms. The van der Waals surface area contributed by atoms with Crippen molar-refractivity contribution in [2.45, 2.75) is 16.2 Å². The van der Waals surface area contributed by atoms with Gasteiger partial charge in [-0.05, 0) is 19.1 Å². The van der Waals surface area contributed by atoms with Gasteiger partial charge in [0.25, 0.3) is 0 Å². The normalized spacial score (nSPS) is 10.5. The van der Waals surface area contributed by atoms with Gasteiger partial charge in [-0.1, -0.05) is 34.7 Å². The van der Waals surface area contributed by atoms with E-state index in [9.17, 15) is 0 Å². The molecule has 0 unspecified atom stereocenters. The first-order valence-corrected chi connectivity index (χ1v) is 7.24. The van der Waals surface area contributed by atoms with Gasteiger partial charge < -0.3 is 10.6 Å². The first-order chi connectivity index (χ1) is 8.97. The third kappa shape index (κ3) is 3.24. The lowest BCUT2D eigenvalue weighted by Crippen LogP contribution is -2.12. The molecule has 2 rings (SSSR count). The Bertz CT molecular complexity index is 606. The second-order valence-electron chi connectivity index (χ2n) is 4.26. The molecule has 19 heavy (non-hydrogen) atoms. The molecular formula is C12H15N5S2. The van der Waals surface area contributed by atoms with Crippen molar-refractivity contribution in [2.24, 2.45) is 5.73 Å². The molecule has 0 saturated heterocycles.